The van der Waals surface area contributed by atoms with E-state index in [4.69, 9.17) is 4.74 Å². The Morgan fingerprint density at radius 2 is 1.59 bits per heavy atom. The van der Waals surface area contributed by atoms with Crippen LogP contribution in [0.5, 0.6) is 5.75 Å². The molecule has 0 amide bonds. The maximum atomic E-state index is 5.79. The van der Waals surface area contributed by atoms with Crippen molar-refractivity contribution in [1.82, 2.24) is 5.32 Å². The molecular weight excluding hydrogens is 294 g/mol. The smallest absolute Gasteiger partial charge is 0.119 e. The molecule has 0 heterocycles. The highest BCUT2D eigenvalue weighted by atomic mass is 35.5. The minimum Gasteiger partial charge on any atom is -0.489 e. The van der Waals surface area contributed by atoms with Crippen molar-refractivity contribution in [2.75, 3.05) is 13.1 Å². The number of ether oxygens (including phenoxy) is 1. The molecule has 0 atom stereocenters. The summed E-state index contributed by atoms with van der Waals surface area (Å²) in [5.41, 5.74) is 2.55. The number of unbranched alkanes of at least 4 members (excludes halogenated alkanes) is 1. The first-order chi connectivity index (χ1) is 10.4. The van der Waals surface area contributed by atoms with E-state index in [1.165, 1.54) is 24.0 Å². The van der Waals surface area contributed by atoms with Gasteiger partial charge in [0.1, 0.15) is 12.4 Å². The van der Waals surface area contributed by atoms with Crippen molar-refractivity contribution in [2.45, 2.75) is 32.8 Å². The maximum Gasteiger partial charge on any atom is 0.119 e. The number of halogens is 1. The van der Waals surface area contributed by atoms with Crippen LogP contribution in [0.2, 0.25) is 0 Å². The van der Waals surface area contributed by atoms with Crippen molar-refractivity contribution in [3.05, 3.63) is 65.7 Å². The second-order valence-corrected chi connectivity index (χ2v) is 5.27. The van der Waals surface area contributed by atoms with Crippen molar-refractivity contribution in [3.8, 4) is 5.75 Å². The lowest BCUT2D eigenvalue weighted by Gasteiger charge is -2.08. The summed E-state index contributed by atoms with van der Waals surface area (Å²) < 4.78 is 5.79. The van der Waals surface area contributed by atoms with E-state index in [1.807, 2.05) is 18.2 Å². The molecule has 2 aromatic rings. The monoisotopic (exact) mass is 319 g/mol. The largest absolute Gasteiger partial charge is 0.489 e. The Bertz CT molecular complexity index is 499. The summed E-state index contributed by atoms with van der Waals surface area (Å²) >= 11 is 0. The maximum absolute atomic E-state index is 5.79. The fraction of sp³-hybridized carbons (Fsp3) is 0.368. The van der Waals surface area contributed by atoms with Gasteiger partial charge in [-0.3, -0.25) is 0 Å². The van der Waals surface area contributed by atoms with Crippen LogP contribution in [0.25, 0.3) is 0 Å². The third kappa shape index (κ3) is 6.97. The van der Waals surface area contributed by atoms with Gasteiger partial charge in [-0.2, -0.15) is 0 Å². The SMILES string of the molecule is CCCCNCCc1ccc(OCc2ccccc2)cc1.Cl. The summed E-state index contributed by atoms with van der Waals surface area (Å²) in [6.45, 7) is 5.01. The molecule has 120 valence electrons. The lowest BCUT2D eigenvalue weighted by atomic mass is 10.1. The fourth-order valence-corrected chi connectivity index (χ4v) is 2.15. The van der Waals surface area contributed by atoms with Gasteiger partial charge in [-0.1, -0.05) is 55.8 Å². The van der Waals surface area contributed by atoms with Crippen molar-refractivity contribution in [2.24, 2.45) is 0 Å². The second kappa shape index (κ2) is 11.1. The van der Waals surface area contributed by atoms with Crippen LogP contribution in [-0.4, -0.2) is 13.1 Å². The van der Waals surface area contributed by atoms with Crippen molar-refractivity contribution in [3.63, 3.8) is 0 Å². The van der Waals surface area contributed by atoms with Crippen LogP contribution in [0, 0.1) is 0 Å². The Balaban J connectivity index is 0.00000242. The molecule has 0 saturated carbocycles. The van der Waals surface area contributed by atoms with E-state index in [0.717, 1.165) is 25.3 Å². The van der Waals surface area contributed by atoms with Gasteiger partial charge in [0.25, 0.3) is 0 Å². The van der Waals surface area contributed by atoms with Gasteiger partial charge in [-0.05, 0) is 49.2 Å². The minimum atomic E-state index is 0. The van der Waals surface area contributed by atoms with Crippen LogP contribution in [0.3, 0.4) is 0 Å². The van der Waals surface area contributed by atoms with E-state index in [-0.39, 0.29) is 12.4 Å². The molecule has 0 bridgehead atoms. The van der Waals surface area contributed by atoms with E-state index in [2.05, 4.69) is 48.6 Å². The van der Waals surface area contributed by atoms with E-state index in [1.54, 1.807) is 0 Å². The Kier molecular flexibility index (Phi) is 9.36. The first-order valence-corrected chi connectivity index (χ1v) is 7.85. The number of benzene rings is 2. The number of hydrogen-bond acceptors (Lipinski definition) is 2. The first kappa shape index (κ1) is 18.5. The Labute approximate surface area is 140 Å². The zero-order valence-corrected chi connectivity index (χ0v) is 14.1. The molecule has 0 unspecified atom stereocenters. The van der Waals surface area contributed by atoms with Crippen LogP contribution >= 0.6 is 12.4 Å². The zero-order valence-electron chi connectivity index (χ0n) is 13.3. The fourth-order valence-electron chi connectivity index (χ4n) is 2.15. The third-order valence-electron chi connectivity index (χ3n) is 3.47. The normalized spacial score (nSPS) is 10.0. The molecule has 2 rings (SSSR count). The lowest BCUT2D eigenvalue weighted by Crippen LogP contribution is -2.18. The molecule has 2 nitrogen and oxygen atoms in total. The summed E-state index contributed by atoms with van der Waals surface area (Å²) in [6, 6.07) is 18.7. The molecule has 0 aliphatic rings. The van der Waals surface area contributed by atoms with Gasteiger partial charge in [0, 0.05) is 0 Å². The lowest BCUT2D eigenvalue weighted by molar-refractivity contribution is 0.306. The predicted octanol–water partition coefficient (Wildman–Crippen LogP) is 4.62. The Morgan fingerprint density at radius 1 is 0.864 bits per heavy atom. The van der Waals surface area contributed by atoms with Crippen LogP contribution in [0.15, 0.2) is 54.6 Å². The van der Waals surface area contributed by atoms with Crippen LogP contribution < -0.4 is 10.1 Å². The molecule has 2 aromatic carbocycles. The average Bonchev–Trinajstić information content (AvgIpc) is 2.55. The number of nitrogens with one attached hydrogen (secondary N) is 1. The first-order valence-electron chi connectivity index (χ1n) is 7.85. The molecule has 0 spiro atoms. The van der Waals surface area contributed by atoms with Gasteiger partial charge in [-0.25, -0.2) is 0 Å². The van der Waals surface area contributed by atoms with Crippen molar-refractivity contribution >= 4 is 12.4 Å². The summed E-state index contributed by atoms with van der Waals surface area (Å²) in [5.74, 6) is 0.932. The second-order valence-electron chi connectivity index (χ2n) is 5.27. The highest BCUT2D eigenvalue weighted by Crippen LogP contribution is 2.14. The number of rotatable bonds is 9. The molecule has 0 radical (unpaired) electrons. The third-order valence-corrected chi connectivity index (χ3v) is 3.47. The van der Waals surface area contributed by atoms with Crippen LogP contribution in [0.4, 0.5) is 0 Å². The summed E-state index contributed by atoms with van der Waals surface area (Å²) in [5, 5.41) is 3.46. The molecule has 22 heavy (non-hydrogen) atoms. The van der Waals surface area contributed by atoms with E-state index in [0.29, 0.717) is 6.61 Å². The van der Waals surface area contributed by atoms with E-state index >= 15 is 0 Å². The van der Waals surface area contributed by atoms with Crippen molar-refractivity contribution in [1.29, 1.82) is 0 Å². The van der Waals surface area contributed by atoms with Gasteiger partial charge in [0.15, 0.2) is 0 Å². The molecule has 1 N–H and O–H groups in total. The van der Waals surface area contributed by atoms with Crippen LogP contribution in [0.1, 0.15) is 30.9 Å². The molecule has 3 heteroatoms. The molecule has 0 fully saturated rings. The van der Waals surface area contributed by atoms with E-state index in [9.17, 15) is 0 Å². The topological polar surface area (TPSA) is 21.3 Å². The predicted molar refractivity (Wildman–Crippen MR) is 95.9 cm³/mol. The quantitative estimate of drug-likeness (QED) is 0.681. The Morgan fingerprint density at radius 3 is 2.27 bits per heavy atom. The van der Waals surface area contributed by atoms with E-state index < -0.39 is 0 Å². The number of hydrogen-bond donors (Lipinski definition) is 1. The highest BCUT2D eigenvalue weighted by molar-refractivity contribution is 5.85. The summed E-state index contributed by atoms with van der Waals surface area (Å²) in [7, 11) is 0. The minimum absolute atomic E-state index is 0. The standard InChI is InChI=1S/C19H25NO.ClH/c1-2-3-14-20-15-13-17-9-11-19(12-10-17)21-16-18-7-5-4-6-8-18;/h4-12,20H,2-3,13-16H2,1H3;1H. The molecule has 0 aliphatic heterocycles. The molecule has 0 aliphatic carbocycles. The zero-order chi connectivity index (χ0) is 14.8. The summed E-state index contributed by atoms with van der Waals surface area (Å²) in [6.07, 6.45) is 3.58. The highest BCUT2D eigenvalue weighted by Gasteiger charge is 1.97. The van der Waals surface area contributed by atoms with Crippen LogP contribution in [-0.2, 0) is 13.0 Å². The summed E-state index contributed by atoms with van der Waals surface area (Å²) in [4.78, 5) is 0. The molecule has 0 saturated heterocycles. The average molecular weight is 320 g/mol. The molecule has 0 aromatic heterocycles. The van der Waals surface area contributed by atoms with Gasteiger partial charge < -0.3 is 10.1 Å². The van der Waals surface area contributed by atoms with Gasteiger partial charge in [0.2, 0.25) is 0 Å². The Hall–Kier alpha value is -1.51. The van der Waals surface area contributed by atoms with Gasteiger partial charge in [0.05, 0.1) is 0 Å². The van der Waals surface area contributed by atoms with Gasteiger partial charge >= 0.3 is 0 Å². The van der Waals surface area contributed by atoms with Crippen molar-refractivity contribution < 1.29 is 4.74 Å². The van der Waals surface area contributed by atoms with Gasteiger partial charge in [-0.15, -0.1) is 12.4 Å². The molecular formula is C19H26ClNO.